The number of hydrogen-bond acceptors (Lipinski definition) is 2. The maximum Gasteiger partial charge on any atom is 0.307 e. The molecule has 1 rings (SSSR count). The Labute approximate surface area is 84.3 Å². The Morgan fingerprint density at radius 2 is 2.29 bits per heavy atom. The summed E-state index contributed by atoms with van der Waals surface area (Å²) in [4.78, 5) is 10.4. The van der Waals surface area contributed by atoms with Crippen molar-refractivity contribution >= 4 is 17.6 Å². The Morgan fingerprint density at radius 1 is 1.64 bits per heavy atom. The molecule has 1 aromatic rings. The van der Waals surface area contributed by atoms with Gasteiger partial charge in [0.1, 0.15) is 11.9 Å². The van der Waals surface area contributed by atoms with Crippen LogP contribution >= 0.6 is 11.6 Å². The molecule has 0 saturated carbocycles. The van der Waals surface area contributed by atoms with Crippen LogP contribution in [0.2, 0.25) is 5.02 Å². The van der Waals surface area contributed by atoms with Gasteiger partial charge in [-0.05, 0) is 17.7 Å². The van der Waals surface area contributed by atoms with Crippen LogP contribution in [0.5, 0.6) is 0 Å². The maximum atomic E-state index is 12.8. The molecule has 1 aromatic carbocycles. The third-order valence-corrected chi connectivity index (χ3v) is 2.02. The molecular formula is C9H5ClFNO2. The quantitative estimate of drug-likeness (QED) is 0.817. The van der Waals surface area contributed by atoms with Gasteiger partial charge < -0.3 is 5.11 Å². The van der Waals surface area contributed by atoms with Crippen molar-refractivity contribution < 1.29 is 14.3 Å². The minimum atomic E-state index is -1.12. The van der Waals surface area contributed by atoms with Gasteiger partial charge in [-0.2, -0.15) is 5.26 Å². The molecule has 0 radical (unpaired) electrons. The van der Waals surface area contributed by atoms with E-state index in [1.807, 2.05) is 0 Å². The summed E-state index contributed by atoms with van der Waals surface area (Å²) in [6.45, 7) is 0. The van der Waals surface area contributed by atoms with Crippen molar-refractivity contribution in [1.82, 2.24) is 0 Å². The van der Waals surface area contributed by atoms with Crippen molar-refractivity contribution in [3.63, 3.8) is 0 Å². The van der Waals surface area contributed by atoms with E-state index in [2.05, 4.69) is 0 Å². The lowest BCUT2D eigenvalue weighted by atomic mass is 10.1. The fourth-order valence-corrected chi connectivity index (χ4v) is 1.24. The molecule has 0 amide bonds. The van der Waals surface area contributed by atoms with Crippen LogP contribution in [0.3, 0.4) is 0 Å². The average Bonchev–Trinajstić information content (AvgIpc) is 2.09. The Morgan fingerprint density at radius 3 is 2.79 bits per heavy atom. The second-order valence-electron chi connectivity index (χ2n) is 2.61. The molecule has 0 fully saturated rings. The third-order valence-electron chi connectivity index (χ3n) is 1.57. The number of carboxylic acid groups (broad SMARTS) is 1. The van der Waals surface area contributed by atoms with Crippen LogP contribution < -0.4 is 0 Å². The lowest BCUT2D eigenvalue weighted by molar-refractivity contribution is -0.136. The van der Waals surface area contributed by atoms with E-state index >= 15 is 0 Å². The van der Waals surface area contributed by atoms with Crippen LogP contribution in [0.4, 0.5) is 4.39 Å². The lowest BCUT2D eigenvalue weighted by Gasteiger charge is -2.02. The summed E-state index contributed by atoms with van der Waals surface area (Å²) in [5.74, 6) is -1.79. The van der Waals surface area contributed by atoms with Crippen LogP contribution in [-0.4, -0.2) is 11.1 Å². The zero-order valence-electron chi connectivity index (χ0n) is 6.92. The number of carbonyl (C=O) groups is 1. The summed E-state index contributed by atoms with van der Waals surface area (Å²) in [6, 6.07) is 3.66. The Kier molecular flexibility index (Phi) is 3.05. The van der Waals surface area contributed by atoms with Crippen molar-refractivity contribution in [2.75, 3.05) is 0 Å². The van der Waals surface area contributed by atoms with Gasteiger partial charge in [0.15, 0.2) is 0 Å². The fraction of sp³-hybridized carbons (Fsp3) is 0.111. The van der Waals surface area contributed by atoms with Crippen molar-refractivity contribution in [2.24, 2.45) is 0 Å². The van der Waals surface area contributed by atoms with Gasteiger partial charge in [0.2, 0.25) is 0 Å². The van der Waals surface area contributed by atoms with E-state index in [1.165, 1.54) is 0 Å². The number of benzene rings is 1. The van der Waals surface area contributed by atoms with E-state index in [0.717, 1.165) is 12.1 Å². The molecule has 0 aliphatic heterocycles. The van der Waals surface area contributed by atoms with Gasteiger partial charge in [0.25, 0.3) is 0 Å². The van der Waals surface area contributed by atoms with Crippen molar-refractivity contribution in [3.8, 4) is 6.07 Å². The van der Waals surface area contributed by atoms with Crippen LogP contribution in [-0.2, 0) is 11.2 Å². The molecule has 0 aliphatic rings. The highest BCUT2D eigenvalue weighted by atomic mass is 35.5. The minimum absolute atomic E-state index is 0.00343. The summed E-state index contributed by atoms with van der Waals surface area (Å²) in [5.41, 5.74) is 0.0543. The highest BCUT2D eigenvalue weighted by Gasteiger charge is 2.11. The van der Waals surface area contributed by atoms with Crippen LogP contribution in [0.25, 0.3) is 0 Å². The van der Waals surface area contributed by atoms with Gasteiger partial charge in [0.05, 0.1) is 17.0 Å². The number of halogens is 2. The van der Waals surface area contributed by atoms with Gasteiger partial charge in [-0.3, -0.25) is 4.79 Å². The van der Waals surface area contributed by atoms with Gasteiger partial charge in [-0.15, -0.1) is 0 Å². The predicted octanol–water partition coefficient (Wildman–Crippen LogP) is 1.98. The SMILES string of the molecule is N#Cc1cc(F)cc(CC(=O)O)c1Cl. The molecule has 0 aromatic heterocycles. The number of aliphatic carboxylic acids is 1. The molecule has 0 unspecified atom stereocenters. The molecular weight excluding hydrogens is 209 g/mol. The zero-order chi connectivity index (χ0) is 10.7. The molecule has 0 atom stereocenters. The van der Waals surface area contributed by atoms with Gasteiger partial charge in [-0.1, -0.05) is 11.6 Å². The average molecular weight is 214 g/mol. The number of nitrogens with zero attached hydrogens (tertiary/aromatic N) is 1. The molecule has 0 spiro atoms. The first kappa shape index (κ1) is 10.5. The van der Waals surface area contributed by atoms with Crippen LogP contribution in [0.15, 0.2) is 12.1 Å². The maximum absolute atomic E-state index is 12.8. The molecule has 0 aliphatic carbocycles. The summed E-state index contributed by atoms with van der Waals surface area (Å²) >= 11 is 5.67. The first-order valence-corrected chi connectivity index (χ1v) is 4.02. The Balaban J connectivity index is 3.23. The van der Waals surface area contributed by atoms with E-state index in [0.29, 0.717) is 0 Å². The molecule has 0 saturated heterocycles. The van der Waals surface area contributed by atoms with E-state index in [9.17, 15) is 9.18 Å². The van der Waals surface area contributed by atoms with Crippen LogP contribution in [0, 0.1) is 17.1 Å². The third kappa shape index (κ3) is 2.21. The second kappa shape index (κ2) is 4.07. The molecule has 0 bridgehead atoms. The Hall–Kier alpha value is -1.60. The van der Waals surface area contributed by atoms with Crippen molar-refractivity contribution in [3.05, 3.63) is 34.1 Å². The normalized spacial score (nSPS) is 9.50. The minimum Gasteiger partial charge on any atom is -0.481 e. The highest BCUT2D eigenvalue weighted by molar-refractivity contribution is 6.32. The van der Waals surface area contributed by atoms with E-state index in [-0.39, 0.29) is 16.1 Å². The summed E-state index contributed by atoms with van der Waals surface area (Å²) in [5, 5.41) is 17.0. The smallest absolute Gasteiger partial charge is 0.307 e. The monoisotopic (exact) mass is 213 g/mol. The van der Waals surface area contributed by atoms with E-state index < -0.39 is 18.2 Å². The van der Waals surface area contributed by atoms with Crippen molar-refractivity contribution in [2.45, 2.75) is 6.42 Å². The first-order valence-electron chi connectivity index (χ1n) is 3.64. The van der Waals surface area contributed by atoms with Gasteiger partial charge in [0, 0.05) is 0 Å². The number of rotatable bonds is 2. The van der Waals surface area contributed by atoms with E-state index in [4.69, 9.17) is 22.0 Å². The molecule has 0 heterocycles. The van der Waals surface area contributed by atoms with Crippen molar-refractivity contribution in [1.29, 1.82) is 5.26 Å². The Bertz CT molecular complexity index is 426. The zero-order valence-corrected chi connectivity index (χ0v) is 7.68. The summed E-state index contributed by atoms with van der Waals surface area (Å²) < 4.78 is 12.8. The summed E-state index contributed by atoms with van der Waals surface area (Å²) in [7, 11) is 0. The number of hydrogen-bond donors (Lipinski definition) is 1. The fourth-order valence-electron chi connectivity index (χ4n) is 1.02. The van der Waals surface area contributed by atoms with E-state index in [1.54, 1.807) is 6.07 Å². The molecule has 3 nitrogen and oxygen atoms in total. The second-order valence-corrected chi connectivity index (χ2v) is 2.99. The molecule has 14 heavy (non-hydrogen) atoms. The molecule has 5 heteroatoms. The largest absolute Gasteiger partial charge is 0.481 e. The standard InChI is InChI=1S/C9H5ClFNO2/c10-9-5(3-8(13)14)1-7(11)2-6(9)4-12/h1-2H,3H2,(H,13,14). The lowest BCUT2D eigenvalue weighted by Crippen LogP contribution is -2.02. The number of carboxylic acids is 1. The molecule has 72 valence electrons. The number of nitriles is 1. The molecule has 1 N–H and O–H groups in total. The highest BCUT2D eigenvalue weighted by Crippen LogP contribution is 2.22. The first-order chi connectivity index (χ1) is 6.54. The predicted molar refractivity (Wildman–Crippen MR) is 47.5 cm³/mol. The van der Waals surface area contributed by atoms with Gasteiger partial charge >= 0.3 is 5.97 Å². The summed E-state index contributed by atoms with van der Waals surface area (Å²) in [6.07, 6.45) is -0.398. The van der Waals surface area contributed by atoms with Crippen LogP contribution in [0.1, 0.15) is 11.1 Å². The topological polar surface area (TPSA) is 61.1 Å². The van der Waals surface area contributed by atoms with Gasteiger partial charge in [-0.25, -0.2) is 4.39 Å².